The van der Waals surface area contributed by atoms with Crippen molar-refractivity contribution in [3.8, 4) is 0 Å². The van der Waals surface area contributed by atoms with Gasteiger partial charge in [0.25, 0.3) is 11.8 Å². The molecule has 60 valence electrons. The van der Waals surface area contributed by atoms with E-state index in [9.17, 15) is 9.59 Å². The quantitative estimate of drug-likeness (QED) is 0.400. The third kappa shape index (κ3) is 0.728. The van der Waals surface area contributed by atoms with Gasteiger partial charge < -0.3 is 0 Å². The second kappa shape index (κ2) is 2.04. The third-order valence-corrected chi connectivity index (χ3v) is 2.57. The summed E-state index contributed by atoms with van der Waals surface area (Å²) >= 11 is 0. The number of amides is 2. The van der Waals surface area contributed by atoms with Crippen molar-refractivity contribution in [1.82, 2.24) is 5.06 Å². The van der Waals surface area contributed by atoms with Gasteiger partial charge >= 0.3 is 0 Å². The van der Waals surface area contributed by atoms with Gasteiger partial charge in [0.05, 0.1) is 11.8 Å². The van der Waals surface area contributed by atoms with Crippen molar-refractivity contribution in [2.45, 2.75) is 19.3 Å². The van der Waals surface area contributed by atoms with Crippen molar-refractivity contribution < 1.29 is 14.8 Å². The summed E-state index contributed by atoms with van der Waals surface area (Å²) in [6.45, 7) is 0. The van der Waals surface area contributed by atoms with Crippen LogP contribution in [0.5, 0.6) is 0 Å². The van der Waals surface area contributed by atoms with Gasteiger partial charge in [0.15, 0.2) is 0 Å². The first-order chi connectivity index (χ1) is 5.22. The molecule has 1 N–H and O–H groups in total. The van der Waals surface area contributed by atoms with E-state index < -0.39 is 11.8 Å². The van der Waals surface area contributed by atoms with Crippen LogP contribution < -0.4 is 0 Å². The average molecular weight is 155 g/mol. The maximum absolute atomic E-state index is 11.1. The van der Waals surface area contributed by atoms with Gasteiger partial charge in [-0.1, -0.05) is 6.42 Å². The molecule has 0 radical (unpaired) electrons. The number of carbonyl (C=O) groups is 2. The van der Waals surface area contributed by atoms with Crippen molar-refractivity contribution in [1.29, 1.82) is 0 Å². The maximum Gasteiger partial charge on any atom is 0.257 e. The number of rotatable bonds is 0. The molecule has 0 unspecified atom stereocenters. The molecule has 0 aromatic rings. The largest absolute Gasteiger partial charge is 0.278 e. The van der Waals surface area contributed by atoms with Crippen LogP contribution in [0.1, 0.15) is 19.3 Å². The topological polar surface area (TPSA) is 57.6 Å². The minimum atomic E-state index is -0.405. The van der Waals surface area contributed by atoms with E-state index in [1.165, 1.54) is 0 Å². The number of imide groups is 1. The van der Waals surface area contributed by atoms with Crippen LogP contribution in [0, 0.1) is 11.8 Å². The van der Waals surface area contributed by atoms with Crippen LogP contribution in [-0.2, 0) is 9.59 Å². The van der Waals surface area contributed by atoms with Gasteiger partial charge in [-0.2, -0.15) is 5.06 Å². The third-order valence-electron chi connectivity index (χ3n) is 2.57. The van der Waals surface area contributed by atoms with E-state index in [4.69, 9.17) is 5.21 Å². The molecular weight excluding hydrogens is 146 g/mol. The molecule has 1 aliphatic heterocycles. The van der Waals surface area contributed by atoms with Gasteiger partial charge in [-0.25, -0.2) is 0 Å². The number of hydrogen-bond donors (Lipinski definition) is 1. The Morgan fingerprint density at radius 2 is 1.64 bits per heavy atom. The number of carbonyl (C=O) groups excluding carboxylic acids is 2. The first-order valence-electron chi connectivity index (χ1n) is 3.78. The lowest BCUT2D eigenvalue weighted by atomic mass is 10.00. The predicted octanol–water partition coefficient (Wildman–Crippen LogP) is 0.161. The number of hydroxylamine groups is 2. The minimum absolute atomic E-state index is 0.215. The lowest BCUT2D eigenvalue weighted by Gasteiger charge is -2.03. The summed E-state index contributed by atoms with van der Waals surface area (Å²) < 4.78 is 0. The fourth-order valence-corrected chi connectivity index (χ4v) is 1.97. The highest BCUT2D eigenvalue weighted by atomic mass is 16.5. The van der Waals surface area contributed by atoms with Crippen LogP contribution >= 0.6 is 0 Å². The molecule has 1 saturated carbocycles. The predicted molar refractivity (Wildman–Crippen MR) is 34.5 cm³/mol. The lowest BCUT2D eigenvalue weighted by molar-refractivity contribution is -0.173. The van der Waals surface area contributed by atoms with E-state index in [-0.39, 0.29) is 16.9 Å². The van der Waals surface area contributed by atoms with E-state index >= 15 is 0 Å². The Morgan fingerprint density at radius 1 is 1.18 bits per heavy atom. The zero-order valence-electron chi connectivity index (χ0n) is 5.99. The Hall–Kier alpha value is -0.900. The molecule has 1 saturated heterocycles. The molecule has 2 fully saturated rings. The molecule has 4 nitrogen and oxygen atoms in total. The second-order valence-electron chi connectivity index (χ2n) is 3.13. The molecule has 0 spiro atoms. The Morgan fingerprint density at radius 3 is 2.09 bits per heavy atom. The van der Waals surface area contributed by atoms with Crippen LogP contribution in [0.3, 0.4) is 0 Å². The SMILES string of the molecule is O=C1[C@H]2CCC[C@H]2C(=O)N1O. The molecule has 0 aromatic heterocycles. The van der Waals surface area contributed by atoms with E-state index in [0.29, 0.717) is 0 Å². The molecule has 11 heavy (non-hydrogen) atoms. The van der Waals surface area contributed by atoms with Crippen molar-refractivity contribution in [2.24, 2.45) is 11.8 Å². The molecule has 0 bridgehead atoms. The van der Waals surface area contributed by atoms with Crippen molar-refractivity contribution >= 4 is 11.8 Å². The first-order valence-corrected chi connectivity index (χ1v) is 3.78. The monoisotopic (exact) mass is 155 g/mol. The van der Waals surface area contributed by atoms with Crippen molar-refractivity contribution in [2.75, 3.05) is 0 Å². The van der Waals surface area contributed by atoms with Gasteiger partial charge in [0, 0.05) is 0 Å². The fraction of sp³-hybridized carbons (Fsp3) is 0.714. The van der Waals surface area contributed by atoms with Crippen LogP contribution in [0.2, 0.25) is 0 Å². The smallest absolute Gasteiger partial charge is 0.257 e. The van der Waals surface area contributed by atoms with Gasteiger partial charge in [-0.05, 0) is 12.8 Å². The van der Waals surface area contributed by atoms with Crippen LogP contribution in [-0.4, -0.2) is 22.1 Å². The van der Waals surface area contributed by atoms with E-state index in [0.717, 1.165) is 19.3 Å². The van der Waals surface area contributed by atoms with Crippen molar-refractivity contribution in [3.05, 3.63) is 0 Å². The molecule has 0 aromatic carbocycles. The summed E-state index contributed by atoms with van der Waals surface area (Å²) in [5.74, 6) is -1.24. The second-order valence-corrected chi connectivity index (χ2v) is 3.13. The summed E-state index contributed by atoms with van der Waals surface area (Å²) in [7, 11) is 0. The zero-order valence-corrected chi connectivity index (χ0v) is 5.99. The average Bonchev–Trinajstić information content (AvgIpc) is 2.53. The summed E-state index contributed by atoms with van der Waals surface area (Å²) in [6, 6.07) is 0. The fourth-order valence-electron chi connectivity index (χ4n) is 1.97. The molecular formula is C7H9NO3. The molecule has 2 rings (SSSR count). The Balaban J connectivity index is 2.30. The Kier molecular flexibility index (Phi) is 1.26. The highest BCUT2D eigenvalue weighted by molar-refractivity contribution is 6.04. The number of nitrogens with zero attached hydrogens (tertiary/aromatic N) is 1. The Labute approximate surface area is 63.7 Å². The van der Waals surface area contributed by atoms with Crippen LogP contribution in [0.15, 0.2) is 0 Å². The summed E-state index contributed by atoms with van der Waals surface area (Å²) in [4.78, 5) is 22.1. The first kappa shape index (κ1) is 6.79. The van der Waals surface area contributed by atoms with E-state index in [1.807, 2.05) is 0 Å². The van der Waals surface area contributed by atoms with Gasteiger partial charge in [0.1, 0.15) is 0 Å². The molecule has 1 heterocycles. The summed E-state index contributed by atoms with van der Waals surface area (Å²) in [5, 5.41) is 9.19. The Bertz CT molecular complexity index is 204. The summed E-state index contributed by atoms with van der Waals surface area (Å²) in [6.07, 6.45) is 2.44. The highest BCUT2D eigenvalue weighted by Gasteiger charge is 2.49. The van der Waals surface area contributed by atoms with E-state index in [1.54, 1.807) is 0 Å². The highest BCUT2D eigenvalue weighted by Crippen LogP contribution is 2.38. The lowest BCUT2D eigenvalue weighted by Crippen LogP contribution is -2.27. The number of hydrogen-bond acceptors (Lipinski definition) is 3. The zero-order chi connectivity index (χ0) is 8.01. The molecule has 2 atom stereocenters. The van der Waals surface area contributed by atoms with Crippen LogP contribution in [0.25, 0.3) is 0 Å². The molecule has 4 heteroatoms. The minimum Gasteiger partial charge on any atom is -0.278 e. The van der Waals surface area contributed by atoms with E-state index in [2.05, 4.69) is 0 Å². The maximum atomic E-state index is 11.1. The van der Waals surface area contributed by atoms with Gasteiger partial charge in [-0.3, -0.25) is 14.8 Å². The molecule has 2 aliphatic rings. The summed E-state index contributed by atoms with van der Waals surface area (Å²) in [5.41, 5.74) is 0. The standard InChI is InChI=1S/C7H9NO3/c9-6-4-2-1-3-5(4)7(10)8(6)11/h4-5,11H,1-3H2/t4-,5+. The molecule has 2 amide bonds. The van der Waals surface area contributed by atoms with Gasteiger partial charge in [0.2, 0.25) is 0 Å². The number of fused-ring (bicyclic) bond motifs is 1. The normalized spacial score (nSPS) is 36.6. The van der Waals surface area contributed by atoms with Crippen molar-refractivity contribution in [3.63, 3.8) is 0 Å². The molecule has 1 aliphatic carbocycles. The van der Waals surface area contributed by atoms with Crippen LogP contribution in [0.4, 0.5) is 0 Å². The van der Waals surface area contributed by atoms with Gasteiger partial charge in [-0.15, -0.1) is 0 Å².